The van der Waals surface area contributed by atoms with E-state index in [1.54, 1.807) is 0 Å². The highest BCUT2D eigenvalue weighted by atomic mass is 16.6. The molecule has 8 heteroatoms. The predicted octanol–water partition coefficient (Wildman–Crippen LogP) is 0.883. The molecule has 0 bridgehead atoms. The van der Waals surface area contributed by atoms with Gasteiger partial charge in [-0.15, -0.1) is 0 Å². The Bertz CT molecular complexity index is 699. The Balaban J connectivity index is 2.88. The molecule has 2 aromatic rings. The number of carboxylic acids is 1. The first-order chi connectivity index (χ1) is 8.43. The van der Waals surface area contributed by atoms with Crippen LogP contribution in [0.4, 0.5) is 5.69 Å². The van der Waals surface area contributed by atoms with E-state index in [4.69, 9.17) is 5.11 Å². The SMILES string of the molecule is CC(C(=O)O)n1c(=O)[nH]c2cccc([N+](=O)[O-])c21. The summed E-state index contributed by atoms with van der Waals surface area (Å²) in [4.78, 5) is 35.3. The number of imidazole rings is 1. The number of non-ortho nitro benzene ring substituents is 1. The lowest BCUT2D eigenvalue weighted by Gasteiger charge is -2.07. The molecular formula is C10H9N3O5. The number of rotatable bonds is 3. The summed E-state index contributed by atoms with van der Waals surface area (Å²) < 4.78 is 0.871. The van der Waals surface area contributed by atoms with Gasteiger partial charge in [0.25, 0.3) is 5.69 Å². The van der Waals surface area contributed by atoms with E-state index >= 15 is 0 Å². The third kappa shape index (κ3) is 1.63. The quantitative estimate of drug-likeness (QED) is 0.620. The number of aromatic nitrogens is 2. The van der Waals surface area contributed by atoms with Crippen LogP contribution >= 0.6 is 0 Å². The first-order valence-corrected chi connectivity index (χ1v) is 5.04. The lowest BCUT2D eigenvalue weighted by atomic mass is 10.2. The molecule has 0 saturated heterocycles. The second-order valence-electron chi connectivity index (χ2n) is 3.74. The average Bonchev–Trinajstić information content (AvgIpc) is 2.63. The van der Waals surface area contributed by atoms with E-state index in [0.29, 0.717) is 0 Å². The van der Waals surface area contributed by atoms with Gasteiger partial charge in [0.05, 0.1) is 10.4 Å². The van der Waals surface area contributed by atoms with Gasteiger partial charge in [-0.25, -0.2) is 9.59 Å². The van der Waals surface area contributed by atoms with Crippen molar-refractivity contribution in [2.75, 3.05) is 0 Å². The molecule has 1 aromatic heterocycles. The summed E-state index contributed by atoms with van der Waals surface area (Å²) in [5, 5.41) is 19.8. The van der Waals surface area contributed by atoms with Crippen LogP contribution in [0.5, 0.6) is 0 Å². The molecule has 0 fully saturated rings. The number of nitrogens with zero attached hydrogens (tertiary/aromatic N) is 2. The number of carboxylic acid groups (broad SMARTS) is 1. The second-order valence-corrected chi connectivity index (χ2v) is 3.74. The third-order valence-electron chi connectivity index (χ3n) is 2.66. The fourth-order valence-corrected chi connectivity index (χ4v) is 1.79. The number of fused-ring (bicyclic) bond motifs is 1. The van der Waals surface area contributed by atoms with Crippen LogP contribution < -0.4 is 5.69 Å². The molecule has 0 amide bonds. The lowest BCUT2D eigenvalue weighted by molar-refractivity contribution is -0.383. The van der Waals surface area contributed by atoms with Crippen molar-refractivity contribution in [2.45, 2.75) is 13.0 Å². The number of para-hydroxylation sites is 1. The van der Waals surface area contributed by atoms with Crippen LogP contribution in [-0.4, -0.2) is 25.6 Å². The molecule has 1 heterocycles. The molecule has 0 saturated carbocycles. The fourth-order valence-electron chi connectivity index (χ4n) is 1.79. The van der Waals surface area contributed by atoms with Gasteiger partial charge in [0.1, 0.15) is 11.6 Å². The van der Waals surface area contributed by atoms with Gasteiger partial charge in [-0.1, -0.05) is 6.07 Å². The fraction of sp³-hybridized carbons (Fsp3) is 0.200. The van der Waals surface area contributed by atoms with Gasteiger partial charge in [0, 0.05) is 6.07 Å². The Morgan fingerprint density at radius 3 is 2.78 bits per heavy atom. The molecule has 0 spiro atoms. The largest absolute Gasteiger partial charge is 0.480 e. The minimum atomic E-state index is -1.24. The first kappa shape index (κ1) is 11.8. The van der Waals surface area contributed by atoms with E-state index in [1.165, 1.54) is 25.1 Å². The maximum Gasteiger partial charge on any atom is 0.327 e. The highest BCUT2D eigenvalue weighted by molar-refractivity contribution is 5.86. The number of benzene rings is 1. The highest BCUT2D eigenvalue weighted by Crippen LogP contribution is 2.25. The molecule has 94 valence electrons. The van der Waals surface area contributed by atoms with Crippen LogP contribution in [0.1, 0.15) is 13.0 Å². The highest BCUT2D eigenvalue weighted by Gasteiger charge is 2.24. The van der Waals surface area contributed by atoms with Crippen molar-refractivity contribution in [2.24, 2.45) is 0 Å². The number of hydrogen-bond donors (Lipinski definition) is 2. The Kier molecular flexibility index (Phi) is 2.62. The second kappa shape index (κ2) is 3.99. The summed E-state index contributed by atoms with van der Waals surface area (Å²) in [5.41, 5.74) is -0.766. The number of nitro groups is 1. The molecule has 1 unspecified atom stereocenters. The van der Waals surface area contributed by atoms with Crippen LogP contribution in [0.2, 0.25) is 0 Å². The van der Waals surface area contributed by atoms with Gasteiger partial charge in [-0.3, -0.25) is 14.7 Å². The molecule has 0 radical (unpaired) electrons. The zero-order valence-corrected chi connectivity index (χ0v) is 9.28. The van der Waals surface area contributed by atoms with Gasteiger partial charge < -0.3 is 10.1 Å². The molecular weight excluding hydrogens is 242 g/mol. The lowest BCUT2D eigenvalue weighted by Crippen LogP contribution is -2.26. The summed E-state index contributed by atoms with van der Waals surface area (Å²) >= 11 is 0. The summed E-state index contributed by atoms with van der Waals surface area (Å²) in [5.74, 6) is -1.24. The van der Waals surface area contributed by atoms with Crippen LogP contribution in [0, 0.1) is 10.1 Å². The monoisotopic (exact) mass is 251 g/mol. The molecule has 8 nitrogen and oxygen atoms in total. The van der Waals surface area contributed by atoms with E-state index in [0.717, 1.165) is 4.57 Å². The van der Waals surface area contributed by atoms with Crippen molar-refractivity contribution in [1.29, 1.82) is 0 Å². The van der Waals surface area contributed by atoms with Gasteiger partial charge >= 0.3 is 11.7 Å². The summed E-state index contributed by atoms with van der Waals surface area (Å²) in [6.45, 7) is 1.29. The van der Waals surface area contributed by atoms with Gasteiger partial charge in [-0.2, -0.15) is 0 Å². The normalized spacial score (nSPS) is 12.5. The number of hydrogen-bond acceptors (Lipinski definition) is 4. The molecule has 1 aromatic carbocycles. The van der Waals surface area contributed by atoms with Crippen LogP contribution in [0.25, 0.3) is 11.0 Å². The number of carbonyl (C=O) groups is 1. The van der Waals surface area contributed by atoms with Crippen molar-refractivity contribution >= 4 is 22.7 Å². The number of nitrogens with one attached hydrogen (secondary N) is 1. The maximum absolute atomic E-state index is 11.7. The van der Waals surface area contributed by atoms with Crippen molar-refractivity contribution in [3.8, 4) is 0 Å². The molecule has 0 aliphatic carbocycles. The Morgan fingerprint density at radius 2 is 2.22 bits per heavy atom. The molecule has 2 rings (SSSR count). The summed E-state index contributed by atoms with van der Waals surface area (Å²) in [6.07, 6.45) is 0. The van der Waals surface area contributed by atoms with E-state index in [2.05, 4.69) is 4.98 Å². The average molecular weight is 251 g/mol. The molecule has 0 aliphatic rings. The summed E-state index contributed by atoms with van der Waals surface area (Å²) in [7, 11) is 0. The number of H-pyrrole nitrogens is 1. The minimum absolute atomic E-state index is 0.0117. The van der Waals surface area contributed by atoms with Crippen LogP contribution in [-0.2, 0) is 4.79 Å². The van der Waals surface area contributed by atoms with Crippen molar-refractivity contribution < 1.29 is 14.8 Å². The van der Waals surface area contributed by atoms with E-state index < -0.39 is 22.6 Å². The molecule has 18 heavy (non-hydrogen) atoms. The zero-order chi connectivity index (χ0) is 13.4. The standard InChI is InChI=1S/C10H9N3O5/c1-5(9(14)15)12-8-6(11-10(12)16)3-2-4-7(8)13(17)18/h2-5H,1H3,(H,11,16)(H,14,15). The number of aromatic amines is 1. The minimum Gasteiger partial charge on any atom is -0.480 e. The van der Waals surface area contributed by atoms with E-state index in [9.17, 15) is 19.7 Å². The van der Waals surface area contributed by atoms with Gasteiger partial charge in [0.15, 0.2) is 0 Å². The van der Waals surface area contributed by atoms with E-state index in [1.807, 2.05) is 0 Å². The molecule has 1 atom stereocenters. The smallest absolute Gasteiger partial charge is 0.327 e. The number of nitro benzene ring substituents is 1. The predicted molar refractivity (Wildman–Crippen MR) is 61.6 cm³/mol. The Morgan fingerprint density at radius 1 is 1.56 bits per heavy atom. The van der Waals surface area contributed by atoms with Crippen molar-refractivity contribution in [1.82, 2.24) is 9.55 Å². The third-order valence-corrected chi connectivity index (χ3v) is 2.66. The van der Waals surface area contributed by atoms with Crippen molar-refractivity contribution in [3.05, 3.63) is 38.8 Å². The maximum atomic E-state index is 11.7. The molecule has 0 aliphatic heterocycles. The molecule has 2 N–H and O–H groups in total. The van der Waals surface area contributed by atoms with Gasteiger partial charge in [-0.05, 0) is 13.0 Å². The van der Waals surface area contributed by atoms with Gasteiger partial charge in [0.2, 0.25) is 0 Å². The first-order valence-electron chi connectivity index (χ1n) is 5.04. The van der Waals surface area contributed by atoms with Crippen molar-refractivity contribution in [3.63, 3.8) is 0 Å². The number of aliphatic carboxylic acids is 1. The topological polar surface area (TPSA) is 118 Å². The Hall–Kier alpha value is -2.64. The Labute approximate surface area is 99.6 Å². The zero-order valence-electron chi connectivity index (χ0n) is 9.28. The summed E-state index contributed by atoms with van der Waals surface area (Å²) in [6, 6.07) is 2.94. The van der Waals surface area contributed by atoms with E-state index in [-0.39, 0.29) is 16.7 Å². The van der Waals surface area contributed by atoms with Crippen LogP contribution in [0.15, 0.2) is 23.0 Å². The van der Waals surface area contributed by atoms with Crippen LogP contribution in [0.3, 0.4) is 0 Å².